The molecule has 96 valence electrons. The van der Waals surface area contributed by atoms with E-state index in [0.29, 0.717) is 6.16 Å². The Hall–Kier alpha value is 0.120. The summed E-state index contributed by atoms with van der Waals surface area (Å²) in [5, 5.41) is 9.87. The topological polar surface area (TPSA) is 37.3 Å². The summed E-state index contributed by atoms with van der Waals surface area (Å²) in [7, 11) is -1.97. The zero-order chi connectivity index (χ0) is 12.6. The maximum Gasteiger partial charge on any atom is 0.136 e. The van der Waals surface area contributed by atoms with Gasteiger partial charge in [0.25, 0.3) is 0 Å². The lowest BCUT2D eigenvalue weighted by Crippen LogP contribution is -2.36. The molecule has 1 saturated carbocycles. The summed E-state index contributed by atoms with van der Waals surface area (Å²) >= 11 is 0. The fraction of sp³-hybridized carbons (Fsp3) is 1.00. The number of hydrogen-bond acceptors (Lipinski definition) is 2. The SMILES string of the molecule is C[C@@H]1C[C@H](CCCP(C)(C)=O)[C@H](O)C1(C)F. The summed E-state index contributed by atoms with van der Waals surface area (Å²) in [5.41, 5.74) is -1.45. The van der Waals surface area contributed by atoms with Crippen LogP contribution >= 0.6 is 7.14 Å². The first kappa shape index (κ1) is 14.2. The molecule has 2 nitrogen and oxygen atoms in total. The summed E-state index contributed by atoms with van der Waals surface area (Å²) in [6, 6.07) is 0. The van der Waals surface area contributed by atoms with Crippen LogP contribution in [-0.4, -0.2) is 36.4 Å². The van der Waals surface area contributed by atoms with Gasteiger partial charge < -0.3 is 9.67 Å². The Morgan fingerprint density at radius 3 is 2.44 bits per heavy atom. The standard InChI is InChI=1S/C12H24FO2P/c1-9-8-10(11(14)12(9,2)13)6-5-7-16(3,4)15/h9-11,14H,5-8H2,1-4H3/t9-,10+,11+,12?/m1/s1. The Balaban J connectivity index is 2.43. The maximum atomic E-state index is 14.0. The van der Waals surface area contributed by atoms with E-state index in [4.69, 9.17) is 0 Å². The van der Waals surface area contributed by atoms with Crippen LogP contribution in [0.3, 0.4) is 0 Å². The first-order valence-electron chi connectivity index (χ1n) is 6.05. The summed E-state index contributed by atoms with van der Waals surface area (Å²) in [6.07, 6.45) is 2.21. The van der Waals surface area contributed by atoms with Gasteiger partial charge in [-0.25, -0.2) is 4.39 Å². The van der Waals surface area contributed by atoms with Gasteiger partial charge in [0.1, 0.15) is 5.67 Å². The van der Waals surface area contributed by atoms with Crippen LogP contribution < -0.4 is 0 Å². The molecule has 1 aliphatic carbocycles. The van der Waals surface area contributed by atoms with Gasteiger partial charge in [0, 0.05) is 6.16 Å². The first-order valence-corrected chi connectivity index (χ1v) is 8.84. The van der Waals surface area contributed by atoms with Crippen molar-refractivity contribution in [2.75, 3.05) is 19.5 Å². The minimum atomic E-state index is -1.97. The Morgan fingerprint density at radius 2 is 2.06 bits per heavy atom. The molecule has 0 radical (unpaired) electrons. The highest BCUT2D eigenvalue weighted by molar-refractivity contribution is 7.62. The number of hydrogen-bond donors (Lipinski definition) is 1. The van der Waals surface area contributed by atoms with Gasteiger partial charge in [-0.1, -0.05) is 6.92 Å². The Morgan fingerprint density at radius 1 is 1.50 bits per heavy atom. The summed E-state index contributed by atoms with van der Waals surface area (Å²) in [6.45, 7) is 6.90. The van der Waals surface area contributed by atoms with Gasteiger partial charge in [-0.05, 0) is 51.4 Å². The van der Waals surface area contributed by atoms with Crippen LogP contribution in [0.4, 0.5) is 4.39 Å². The van der Waals surface area contributed by atoms with E-state index in [0.717, 1.165) is 19.3 Å². The van der Waals surface area contributed by atoms with Crippen molar-refractivity contribution in [3.8, 4) is 0 Å². The Kier molecular flexibility index (Phi) is 4.23. The van der Waals surface area contributed by atoms with Gasteiger partial charge in [-0.3, -0.25) is 0 Å². The number of halogens is 1. The minimum Gasteiger partial charge on any atom is -0.390 e. The highest BCUT2D eigenvalue weighted by Crippen LogP contribution is 2.45. The third-order valence-corrected chi connectivity index (χ3v) is 5.31. The van der Waals surface area contributed by atoms with Crippen LogP contribution in [0, 0.1) is 11.8 Å². The van der Waals surface area contributed by atoms with E-state index < -0.39 is 18.9 Å². The average molecular weight is 250 g/mol. The van der Waals surface area contributed by atoms with Crippen molar-refractivity contribution in [3.05, 3.63) is 0 Å². The van der Waals surface area contributed by atoms with Crippen LogP contribution in [0.15, 0.2) is 0 Å². The van der Waals surface area contributed by atoms with Crippen LogP contribution in [-0.2, 0) is 4.57 Å². The molecule has 4 heteroatoms. The molecule has 0 aromatic rings. The van der Waals surface area contributed by atoms with Crippen molar-refractivity contribution in [1.82, 2.24) is 0 Å². The van der Waals surface area contributed by atoms with Gasteiger partial charge in [0.15, 0.2) is 0 Å². The van der Waals surface area contributed by atoms with E-state index in [1.54, 1.807) is 13.3 Å². The second kappa shape index (κ2) is 4.78. The van der Waals surface area contributed by atoms with Crippen LogP contribution in [0.1, 0.15) is 33.1 Å². The molecule has 16 heavy (non-hydrogen) atoms. The third kappa shape index (κ3) is 3.30. The van der Waals surface area contributed by atoms with Crippen molar-refractivity contribution in [1.29, 1.82) is 0 Å². The molecule has 0 saturated heterocycles. The molecule has 0 amide bonds. The lowest BCUT2D eigenvalue weighted by atomic mass is 9.94. The molecule has 0 heterocycles. The van der Waals surface area contributed by atoms with E-state index in [1.165, 1.54) is 6.92 Å². The molecule has 1 rings (SSSR count). The fourth-order valence-electron chi connectivity index (χ4n) is 2.58. The molecule has 1 aliphatic rings. The molecule has 1 fully saturated rings. The van der Waals surface area contributed by atoms with Gasteiger partial charge in [-0.2, -0.15) is 0 Å². The van der Waals surface area contributed by atoms with Crippen molar-refractivity contribution < 1.29 is 14.1 Å². The predicted molar refractivity (Wildman–Crippen MR) is 66.3 cm³/mol. The van der Waals surface area contributed by atoms with E-state index in [-0.39, 0.29) is 11.8 Å². The zero-order valence-electron chi connectivity index (χ0n) is 10.7. The van der Waals surface area contributed by atoms with Crippen LogP contribution in [0.2, 0.25) is 0 Å². The van der Waals surface area contributed by atoms with E-state index in [2.05, 4.69) is 0 Å². The minimum absolute atomic E-state index is 0.0385. The Bertz CT molecular complexity index is 285. The zero-order valence-corrected chi connectivity index (χ0v) is 11.6. The molecule has 0 bridgehead atoms. The second-order valence-electron chi connectivity index (χ2n) is 5.93. The smallest absolute Gasteiger partial charge is 0.136 e. The second-order valence-corrected chi connectivity index (χ2v) is 9.53. The first-order chi connectivity index (χ1) is 7.14. The highest BCUT2D eigenvalue weighted by Gasteiger charge is 2.49. The molecule has 1 unspecified atom stereocenters. The lowest BCUT2D eigenvalue weighted by molar-refractivity contribution is -0.0115. The molecule has 1 N–H and O–H groups in total. The van der Waals surface area contributed by atoms with E-state index >= 15 is 0 Å². The number of aliphatic hydroxyl groups is 1. The monoisotopic (exact) mass is 250 g/mol. The van der Waals surface area contributed by atoms with Gasteiger partial charge in [-0.15, -0.1) is 0 Å². The summed E-state index contributed by atoms with van der Waals surface area (Å²) in [5.74, 6) is -0.0425. The summed E-state index contributed by atoms with van der Waals surface area (Å²) in [4.78, 5) is 0. The highest BCUT2D eigenvalue weighted by atomic mass is 31.2. The largest absolute Gasteiger partial charge is 0.390 e. The molecule has 0 aromatic heterocycles. The molecule has 0 spiro atoms. The average Bonchev–Trinajstić information content (AvgIpc) is 2.28. The number of aliphatic hydroxyl groups excluding tert-OH is 1. The predicted octanol–water partition coefficient (Wildman–Crippen LogP) is 3.13. The molecular weight excluding hydrogens is 226 g/mol. The molecule has 0 aromatic carbocycles. The quantitative estimate of drug-likeness (QED) is 0.778. The van der Waals surface area contributed by atoms with Crippen molar-refractivity contribution in [3.63, 3.8) is 0 Å². The third-order valence-electron chi connectivity index (χ3n) is 3.92. The molecule has 0 aliphatic heterocycles. The van der Waals surface area contributed by atoms with Gasteiger partial charge in [0.2, 0.25) is 0 Å². The van der Waals surface area contributed by atoms with Crippen molar-refractivity contribution in [2.45, 2.75) is 44.9 Å². The molecular formula is C12H24FO2P. The number of rotatable bonds is 4. The van der Waals surface area contributed by atoms with E-state index in [9.17, 15) is 14.1 Å². The van der Waals surface area contributed by atoms with Crippen molar-refractivity contribution >= 4 is 7.14 Å². The van der Waals surface area contributed by atoms with Gasteiger partial charge >= 0.3 is 0 Å². The van der Waals surface area contributed by atoms with Gasteiger partial charge in [0.05, 0.1) is 13.2 Å². The van der Waals surface area contributed by atoms with Crippen LogP contribution in [0.25, 0.3) is 0 Å². The lowest BCUT2D eigenvalue weighted by Gasteiger charge is -2.24. The normalized spacial score (nSPS) is 40.2. The maximum absolute atomic E-state index is 14.0. The van der Waals surface area contributed by atoms with Crippen molar-refractivity contribution in [2.24, 2.45) is 11.8 Å². The van der Waals surface area contributed by atoms with E-state index in [1.807, 2.05) is 6.92 Å². The van der Waals surface area contributed by atoms with Crippen LogP contribution in [0.5, 0.6) is 0 Å². The number of alkyl halides is 1. The summed E-state index contributed by atoms with van der Waals surface area (Å²) < 4.78 is 25.5. The fourth-order valence-corrected chi connectivity index (χ4v) is 3.52. The Labute approximate surface area is 98.0 Å². The molecule has 4 atom stereocenters.